The molecule has 0 radical (unpaired) electrons. The van der Waals surface area contributed by atoms with Crippen molar-refractivity contribution >= 4 is 17.4 Å². The van der Waals surface area contributed by atoms with Crippen molar-refractivity contribution in [2.45, 2.75) is 33.4 Å². The van der Waals surface area contributed by atoms with E-state index < -0.39 is 0 Å². The molecule has 3 heterocycles. The Bertz CT molecular complexity index is 1060. The molecule has 4 N–H and O–H groups in total. The third kappa shape index (κ3) is 5.20. The molecule has 3 aliphatic heterocycles. The van der Waals surface area contributed by atoms with Crippen LogP contribution in [0, 0.1) is 11.4 Å². The quantitative estimate of drug-likeness (QED) is 0.198. The van der Waals surface area contributed by atoms with Crippen molar-refractivity contribution < 1.29 is 4.79 Å². The number of nitrogens with zero attached hydrogens (tertiary/aromatic N) is 5. The zero-order valence-corrected chi connectivity index (χ0v) is 20.2. The summed E-state index contributed by atoms with van der Waals surface area (Å²) in [6, 6.07) is 6.24. The predicted molar refractivity (Wildman–Crippen MR) is 134 cm³/mol. The van der Waals surface area contributed by atoms with Gasteiger partial charge < -0.3 is 16.1 Å². The fourth-order valence-electron chi connectivity index (χ4n) is 4.72. The van der Waals surface area contributed by atoms with Crippen molar-refractivity contribution in [3.8, 4) is 0 Å². The van der Waals surface area contributed by atoms with Crippen LogP contribution >= 0.6 is 0 Å². The number of fused-ring (bicyclic) bond motifs is 1. The molecule has 180 valence electrons. The van der Waals surface area contributed by atoms with Crippen molar-refractivity contribution in [1.82, 2.24) is 15.1 Å². The Kier molecular flexibility index (Phi) is 7.12. The first-order chi connectivity index (χ1) is 16.4. The molecule has 0 saturated carbocycles. The minimum atomic E-state index is -0.119. The van der Waals surface area contributed by atoms with Gasteiger partial charge >= 0.3 is 0 Å². The van der Waals surface area contributed by atoms with Gasteiger partial charge in [0.05, 0.1) is 0 Å². The molecule has 0 spiro atoms. The molecule has 1 aromatic carbocycles. The predicted octanol–water partition coefficient (Wildman–Crippen LogP) is 2.77. The summed E-state index contributed by atoms with van der Waals surface area (Å²) >= 11 is 0. The maximum absolute atomic E-state index is 12.6. The minimum absolute atomic E-state index is 0.0143. The van der Waals surface area contributed by atoms with Crippen molar-refractivity contribution in [2.75, 3.05) is 37.6 Å². The Balaban J connectivity index is 1.44. The summed E-state index contributed by atoms with van der Waals surface area (Å²) in [5.74, 6) is 6.32. The SMILES string of the molecule is CC1=CN2C(=O)C=C(CN3CCN(c4cc(CC(C)C)ccc4C(N=N)=NN)CC3)NC2C=C1. The Morgan fingerprint density at radius 1 is 1.26 bits per heavy atom. The number of allylic oxidation sites excluding steroid dienone is 2. The summed E-state index contributed by atoms with van der Waals surface area (Å²) in [7, 11) is 0. The van der Waals surface area contributed by atoms with Gasteiger partial charge in [0.2, 0.25) is 5.84 Å². The Labute approximate surface area is 201 Å². The van der Waals surface area contributed by atoms with Crippen molar-refractivity contribution in [1.29, 1.82) is 5.53 Å². The van der Waals surface area contributed by atoms with E-state index >= 15 is 0 Å². The molecule has 3 aliphatic rings. The molecule has 0 aliphatic carbocycles. The number of amidine groups is 1. The van der Waals surface area contributed by atoms with Gasteiger partial charge in [0.1, 0.15) is 6.17 Å². The zero-order chi connectivity index (χ0) is 24.2. The van der Waals surface area contributed by atoms with Crippen molar-refractivity contribution in [3.05, 3.63) is 65.0 Å². The molecular formula is C25H34N8O. The van der Waals surface area contributed by atoms with E-state index in [1.54, 1.807) is 11.0 Å². The highest BCUT2D eigenvalue weighted by Gasteiger charge is 2.28. The standard InChI is InChI=1S/C25H34N8O/c1-17(2)12-19-5-6-21(25(29-26)30-27)22(13-19)32-10-8-31(9-11-32)16-20-14-24(34)33-15-18(3)4-7-23(33)28-20/h4-7,13-15,17,23,26,28H,8-12,16,27H2,1-3H3. The van der Waals surface area contributed by atoms with Crippen LogP contribution in [-0.4, -0.2) is 60.4 Å². The topological polar surface area (TPSA) is 113 Å². The average molecular weight is 463 g/mol. The third-order valence-electron chi connectivity index (χ3n) is 6.35. The zero-order valence-electron chi connectivity index (χ0n) is 20.2. The number of benzene rings is 1. The summed E-state index contributed by atoms with van der Waals surface area (Å²) in [6.45, 7) is 10.5. The van der Waals surface area contributed by atoms with Crippen LogP contribution in [0.15, 0.2) is 64.1 Å². The summed E-state index contributed by atoms with van der Waals surface area (Å²) < 4.78 is 0. The number of nitrogens with one attached hydrogen (secondary N) is 2. The van der Waals surface area contributed by atoms with Gasteiger partial charge in [-0.15, -0.1) is 5.11 Å². The van der Waals surface area contributed by atoms with Crippen LogP contribution in [0.5, 0.6) is 0 Å². The molecule has 1 amide bonds. The second-order valence-electron chi connectivity index (χ2n) is 9.51. The lowest BCUT2D eigenvalue weighted by atomic mass is 9.99. The van der Waals surface area contributed by atoms with Crippen LogP contribution in [-0.2, 0) is 11.2 Å². The molecule has 1 unspecified atom stereocenters. The van der Waals surface area contributed by atoms with Gasteiger partial charge in [-0.25, -0.2) is 5.53 Å². The molecule has 1 saturated heterocycles. The molecular weight excluding hydrogens is 428 g/mol. The lowest BCUT2D eigenvalue weighted by Crippen LogP contribution is -2.52. The van der Waals surface area contributed by atoms with Crippen LogP contribution in [0.2, 0.25) is 0 Å². The van der Waals surface area contributed by atoms with Crippen molar-refractivity contribution in [3.63, 3.8) is 0 Å². The second-order valence-corrected chi connectivity index (χ2v) is 9.51. The first-order valence-electron chi connectivity index (χ1n) is 11.8. The number of carbonyl (C=O) groups is 1. The van der Waals surface area contributed by atoms with Crippen LogP contribution < -0.4 is 16.1 Å². The smallest absolute Gasteiger partial charge is 0.254 e. The van der Waals surface area contributed by atoms with Crippen molar-refractivity contribution in [2.24, 2.45) is 22.0 Å². The summed E-state index contributed by atoms with van der Waals surface area (Å²) in [4.78, 5) is 19.0. The lowest BCUT2D eigenvalue weighted by Gasteiger charge is -2.39. The molecule has 9 nitrogen and oxygen atoms in total. The maximum atomic E-state index is 12.6. The van der Waals surface area contributed by atoms with Gasteiger partial charge in [-0.1, -0.05) is 26.0 Å². The average Bonchev–Trinajstić information content (AvgIpc) is 2.81. The van der Waals surface area contributed by atoms with E-state index in [2.05, 4.69) is 51.3 Å². The van der Waals surface area contributed by atoms with Gasteiger partial charge in [-0.05, 0) is 48.6 Å². The van der Waals surface area contributed by atoms with E-state index in [1.807, 2.05) is 31.3 Å². The van der Waals surface area contributed by atoms with E-state index in [0.717, 1.165) is 55.1 Å². The summed E-state index contributed by atoms with van der Waals surface area (Å²) in [6.07, 6.45) is 8.52. The summed E-state index contributed by atoms with van der Waals surface area (Å²) in [5.41, 5.74) is 12.5. The lowest BCUT2D eigenvalue weighted by molar-refractivity contribution is -0.126. The van der Waals surface area contributed by atoms with Gasteiger partial charge in [0.25, 0.3) is 5.91 Å². The Morgan fingerprint density at radius 3 is 2.71 bits per heavy atom. The van der Waals surface area contributed by atoms with E-state index in [9.17, 15) is 4.79 Å². The van der Waals surface area contributed by atoms with E-state index in [4.69, 9.17) is 11.4 Å². The largest absolute Gasteiger partial charge is 0.368 e. The minimum Gasteiger partial charge on any atom is -0.368 e. The Hall–Kier alpha value is -3.46. The number of piperazine rings is 1. The first kappa shape index (κ1) is 23.7. The highest BCUT2D eigenvalue weighted by molar-refractivity contribution is 6.03. The summed E-state index contributed by atoms with van der Waals surface area (Å²) in [5, 5.41) is 10.7. The monoisotopic (exact) mass is 462 g/mol. The molecule has 9 heteroatoms. The number of anilines is 1. The molecule has 1 aromatic rings. The number of hydrazone groups is 1. The number of rotatable bonds is 6. The van der Waals surface area contributed by atoms with E-state index in [-0.39, 0.29) is 17.9 Å². The number of carbonyl (C=O) groups excluding carboxylic acids is 1. The third-order valence-corrected chi connectivity index (χ3v) is 6.35. The van der Waals surface area contributed by atoms with Crippen LogP contribution in [0.3, 0.4) is 0 Å². The fourth-order valence-corrected chi connectivity index (χ4v) is 4.72. The highest BCUT2D eigenvalue weighted by Crippen LogP contribution is 2.27. The number of amides is 1. The molecule has 1 fully saturated rings. The molecule has 34 heavy (non-hydrogen) atoms. The molecule has 0 aromatic heterocycles. The fraction of sp³-hybridized carbons (Fsp3) is 0.440. The van der Waals surface area contributed by atoms with Crippen LogP contribution in [0.4, 0.5) is 5.69 Å². The number of hydrogen-bond donors (Lipinski definition) is 3. The first-order valence-corrected chi connectivity index (χ1v) is 11.8. The second kappa shape index (κ2) is 10.2. The van der Waals surface area contributed by atoms with Gasteiger partial charge in [-0.3, -0.25) is 14.6 Å². The van der Waals surface area contributed by atoms with E-state index in [0.29, 0.717) is 12.5 Å². The number of hydrogen-bond acceptors (Lipinski definition) is 7. The van der Waals surface area contributed by atoms with Gasteiger partial charge in [-0.2, -0.15) is 5.10 Å². The van der Waals surface area contributed by atoms with Crippen LogP contribution in [0.25, 0.3) is 0 Å². The van der Waals surface area contributed by atoms with E-state index in [1.165, 1.54) is 5.56 Å². The molecule has 1 atom stereocenters. The highest BCUT2D eigenvalue weighted by atomic mass is 16.2. The Morgan fingerprint density at radius 2 is 2.03 bits per heavy atom. The van der Waals surface area contributed by atoms with Crippen LogP contribution in [0.1, 0.15) is 31.9 Å². The van der Waals surface area contributed by atoms with Gasteiger partial charge in [0.15, 0.2) is 0 Å². The maximum Gasteiger partial charge on any atom is 0.254 e. The molecule has 0 bridgehead atoms. The molecule has 4 rings (SSSR count). The normalized spacial score (nSPS) is 21.2. The number of nitrogens with two attached hydrogens (primary N) is 1. The van der Waals surface area contributed by atoms with Gasteiger partial charge in [0, 0.05) is 61.9 Å².